The van der Waals surface area contributed by atoms with Crippen molar-refractivity contribution in [1.29, 1.82) is 0 Å². The Morgan fingerprint density at radius 2 is 1.97 bits per heavy atom. The van der Waals surface area contributed by atoms with Gasteiger partial charge in [-0.05, 0) is 0 Å². The highest BCUT2D eigenvalue weighted by Crippen LogP contribution is 2.31. The van der Waals surface area contributed by atoms with Gasteiger partial charge < -0.3 is 30.4 Å². The fraction of sp³-hybridized carbons (Fsp3) is 0.278. The zero-order chi connectivity index (χ0) is 21.4. The van der Waals surface area contributed by atoms with Crippen LogP contribution in [-0.2, 0) is 6.61 Å². The molecule has 0 aliphatic heterocycles. The number of rotatable bonds is 9. The molecule has 2 aromatic rings. The lowest BCUT2D eigenvalue weighted by Gasteiger charge is -2.12. The van der Waals surface area contributed by atoms with Crippen LogP contribution in [0.4, 0.5) is 14.7 Å². The minimum atomic E-state index is -0.882. The number of nitrogens with two attached hydrogens (primary N) is 1. The fourth-order valence-electron chi connectivity index (χ4n) is 2.22. The molecule has 156 valence electrons. The lowest BCUT2D eigenvalue weighted by Crippen LogP contribution is -2.17. The van der Waals surface area contributed by atoms with Crippen LogP contribution in [0.3, 0.4) is 0 Å². The molecular weight excluding hydrogens is 388 g/mol. The predicted octanol–water partition coefficient (Wildman–Crippen LogP) is 0.854. The van der Waals surface area contributed by atoms with E-state index in [9.17, 15) is 8.78 Å². The Kier molecular flexibility index (Phi) is 7.66. The number of nitrogens with zero attached hydrogens (tertiary/aromatic N) is 2. The van der Waals surface area contributed by atoms with Crippen molar-refractivity contribution in [1.82, 2.24) is 10.3 Å². The second kappa shape index (κ2) is 10.2. The highest BCUT2D eigenvalue weighted by molar-refractivity contribution is 5.93. The predicted molar refractivity (Wildman–Crippen MR) is 100 cm³/mol. The summed E-state index contributed by atoms with van der Waals surface area (Å²) in [7, 11) is 4.16. The van der Waals surface area contributed by atoms with E-state index in [1.54, 1.807) is 7.05 Å². The number of aromatic amines is 1. The van der Waals surface area contributed by atoms with Crippen molar-refractivity contribution < 1.29 is 33.1 Å². The second-order valence-electron chi connectivity index (χ2n) is 5.56. The van der Waals surface area contributed by atoms with Gasteiger partial charge in [0.25, 0.3) is 0 Å². The Hall–Kier alpha value is -3.47. The molecule has 0 amide bonds. The largest absolute Gasteiger partial charge is 0.494 e. The third-order valence-corrected chi connectivity index (χ3v) is 3.75. The molecule has 0 unspecified atom stereocenters. The number of aliphatic hydroxyl groups excluding tert-OH is 1. The van der Waals surface area contributed by atoms with Gasteiger partial charge in [0, 0.05) is 24.9 Å². The van der Waals surface area contributed by atoms with E-state index >= 15 is 0 Å². The molecule has 29 heavy (non-hydrogen) atoms. The Labute approximate surface area is 165 Å². The molecule has 1 aromatic heterocycles. The number of likely N-dealkylation sites (N-methyl/N-ethyl adjacent to an activating group) is 1. The van der Waals surface area contributed by atoms with E-state index in [0.717, 1.165) is 6.07 Å². The first-order valence-corrected chi connectivity index (χ1v) is 8.36. The van der Waals surface area contributed by atoms with Crippen LogP contribution in [0.25, 0.3) is 0 Å². The smallest absolute Gasteiger partial charge is 0.432 e. The van der Waals surface area contributed by atoms with Crippen molar-refractivity contribution in [2.45, 2.75) is 6.61 Å². The first-order valence-electron chi connectivity index (χ1n) is 8.36. The summed E-state index contributed by atoms with van der Waals surface area (Å²) in [5, 5.41) is 11.8. The first kappa shape index (κ1) is 21.8. The Morgan fingerprint density at radius 3 is 2.45 bits per heavy atom. The van der Waals surface area contributed by atoms with E-state index in [0.29, 0.717) is 5.70 Å². The van der Waals surface area contributed by atoms with Crippen LogP contribution < -0.4 is 30.2 Å². The minimum Gasteiger partial charge on any atom is -0.494 e. The molecule has 1 aromatic carbocycles. The summed E-state index contributed by atoms with van der Waals surface area (Å²) >= 11 is 0. The van der Waals surface area contributed by atoms with E-state index in [1.807, 2.05) is 0 Å². The van der Waals surface area contributed by atoms with Gasteiger partial charge in [-0.3, -0.25) is 0 Å². The van der Waals surface area contributed by atoms with Crippen LogP contribution in [0.15, 0.2) is 35.2 Å². The van der Waals surface area contributed by atoms with Crippen molar-refractivity contribution >= 4 is 11.8 Å². The van der Waals surface area contributed by atoms with Crippen LogP contribution in [0.1, 0.15) is 5.56 Å². The lowest BCUT2D eigenvalue weighted by atomic mass is 10.1. The quantitative estimate of drug-likeness (QED) is 0.413. The Balaban J connectivity index is 2.15. The number of amidine groups is 1. The number of hydrogen-bond donors (Lipinski definition) is 3. The van der Waals surface area contributed by atoms with Gasteiger partial charge in [0.2, 0.25) is 5.84 Å². The topological polar surface area (TPSA) is 125 Å². The van der Waals surface area contributed by atoms with Crippen molar-refractivity contribution in [2.24, 2.45) is 10.7 Å². The summed E-state index contributed by atoms with van der Waals surface area (Å²) in [5.74, 6) is -1.61. The third kappa shape index (κ3) is 5.51. The van der Waals surface area contributed by atoms with E-state index in [-0.39, 0.29) is 41.2 Å². The third-order valence-electron chi connectivity index (χ3n) is 3.75. The molecule has 0 aliphatic carbocycles. The highest BCUT2D eigenvalue weighted by atomic mass is 19.1. The maximum absolute atomic E-state index is 14.3. The van der Waals surface area contributed by atoms with E-state index < -0.39 is 18.2 Å². The number of hydrogen-bond acceptors (Lipinski definition) is 7. The first-order chi connectivity index (χ1) is 13.9. The van der Waals surface area contributed by atoms with Crippen LogP contribution in [-0.4, -0.2) is 43.8 Å². The zero-order valence-electron chi connectivity index (χ0n) is 16.1. The van der Waals surface area contributed by atoms with Gasteiger partial charge in [0.05, 0.1) is 26.4 Å². The number of benzene rings is 1. The van der Waals surface area contributed by atoms with Gasteiger partial charge in [0.1, 0.15) is 12.8 Å². The number of ether oxygens (including phenoxy) is 3. The molecule has 9 nitrogen and oxygen atoms in total. The molecule has 0 bridgehead atoms. The summed E-state index contributed by atoms with van der Waals surface area (Å²) in [6.45, 7) is -0.644. The number of aliphatic imine (C=N–C) groups is 1. The monoisotopic (exact) mass is 410 g/mol. The molecule has 2 rings (SSSR count). The van der Waals surface area contributed by atoms with Crippen molar-refractivity contribution in [3.63, 3.8) is 0 Å². The molecular formula is C18H22F2N5O4+. The molecule has 5 N–H and O–H groups in total. The standard InChI is InChI=1S/C18H21F2N5O4/c1-22-10(8-26)4-15(21)25-18-23-6-11(7-24-18)29-9-12-16(19)13(27-2)5-14(28-3)17(12)20/h4-7,22,26H,8-9H2,1-3H3,(H2,21,23,24,25)/p+1/b10-4-. The van der Waals surface area contributed by atoms with Gasteiger partial charge in [-0.15, -0.1) is 0 Å². The molecule has 11 heteroatoms. The molecule has 0 radical (unpaired) electrons. The molecule has 0 atom stereocenters. The second-order valence-corrected chi connectivity index (χ2v) is 5.56. The van der Waals surface area contributed by atoms with Crippen molar-refractivity contribution in [3.05, 3.63) is 47.4 Å². The number of methoxy groups -OCH3 is 2. The molecule has 0 fully saturated rings. The molecule has 0 spiro atoms. The van der Waals surface area contributed by atoms with Gasteiger partial charge >= 0.3 is 5.95 Å². The summed E-state index contributed by atoms with van der Waals surface area (Å²) in [4.78, 5) is 10.8. The molecule has 0 aliphatic rings. The highest BCUT2D eigenvalue weighted by Gasteiger charge is 2.21. The number of H-pyrrole nitrogens is 1. The summed E-state index contributed by atoms with van der Waals surface area (Å²) in [6.07, 6.45) is 4.16. The maximum atomic E-state index is 14.3. The average molecular weight is 410 g/mol. The summed E-state index contributed by atoms with van der Waals surface area (Å²) < 4.78 is 43.8. The van der Waals surface area contributed by atoms with Gasteiger partial charge in [-0.2, -0.15) is 0 Å². The number of aliphatic hydroxyl groups is 1. The van der Waals surface area contributed by atoms with Gasteiger partial charge in [-0.1, -0.05) is 9.98 Å². The van der Waals surface area contributed by atoms with E-state index in [4.69, 9.17) is 25.1 Å². The molecule has 1 heterocycles. The van der Waals surface area contributed by atoms with Crippen LogP contribution in [0, 0.1) is 11.6 Å². The Bertz CT molecular complexity index is 870. The van der Waals surface area contributed by atoms with Crippen molar-refractivity contribution in [3.8, 4) is 17.2 Å². The number of halogens is 2. The van der Waals surface area contributed by atoms with Crippen LogP contribution in [0.5, 0.6) is 17.2 Å². The zero-order valence-corrected chi connectivity index (χ0v) is 16.1. The maximum Gasteiger partial charge on any atom is 0.432 e. The van der Waals surface area contributed by atoms with Gasteiger partial charge in [0.15, 0.2) is 35.1 Å². The summed E-state index contributed by atoms with van der Waals surface area (Å²) in [5.41, 5.74) is 5.87. The normalized spacial score (nSPS) is 11.9. The number of aromatic nitrogens is 2. The lowest BCUT2D eigenvalue weighted by molar-refractivity contribution is -0.368. The van der Waals surface area contributed by atoms with Crippen molar-refractivity contribution in [2.75, 3.05) is 27.9 Å². The van der Waals surface area contributed by atoms with E-state index in [2.05, 4.69) is 20.3 Å². The minimum absolute atomic E-state index is 0.105. The SMILES string of the molecule is CN/C(=C\C(N)=N/c1ncc(OCc2c(F)c(OC)cc(OC)c2F)c[nH+]1)CO. The van der Waals surface area contributed by atoms with Crippen LogP contribution >= 0.6 is 0 Å². The van der Waals surface area contributed by atoms with Gasteiger partial charge in [-0.25, -0.2) is 13.8 Å². The molecule has 0 saturated heterocycles. The van der Waals surface area contributed by atoms with Crippen LogP contribution in [0.2, 0.25) is 0 Å². The number of nitrogens with one attached hydrogen (secondary N) is 2. The Morgan fingerprint density at radius 1 is 1.31 bits per heavy atom. The summed E-state index contributed by atoms with van der Waals surface area (Å²) in [6, 6.07) is 1.12. The fourth-order valence-corrected chi connectivity index (χ4v) is 2.22. The average Bonchev–Trinajstić information content (AvgIpc) is 2.73. The van der Waals surface area contributed by atoms with E-state index in [1.165, 1.54) is 32.7 Å². The molecule has 0 saturated carbocycles.